The zero-order chi connectivity index (χ0) is 17.6. The third-order valence-corrected chi connectivity index (χ3v) is 3.89. The molecule has 2 aromatic rings. The van der Waals surface area contributed by atoms with Gasteiger partial charge in [0.2, 0.25) is 5.91 Å². The van der Waals surface area contributed by atoms with Crippen LogP contribution in [0.2, 0.25) is 0 Å². The number of hydrogen-bond donors (Lipinski definition) is 2. The molecule has 1 atom stereocenters. The number of hydrogen-bond acceptors (Lipinski definition) is 4. The highest BCUT2D eigenvalue weighted by atomic mass is 16.6. The van der Waals surface area contributed by atoms with Crippen LogP contribution < -0.4 is 20.1 Å². The Morgan fingerprint density at radius 3 is 2.52 bits per heavy atom. The molecule has 130 valence electrons. The van der Waals surface area contributed by atoms with Gasteiger partial charge in [-0.3, -0.25) is 9.59 Å². The summed E-state index contributed by atoms with van der Waals surface area (Å²) in [5.74, 6) is 0.861. The molecule has 1 aliphatic heterocycles. The van der Waals surface area contributed by atoms with Gasteiger partial charge in [0.25, 0.3) is 5.91 Å². The molecule has 0 fully saturated rings. The SMILES string of the molecule is CC(NC(=O)CNC(=O)c1ccccc1)c1ccc2c(c1)OCCO2. The van der Waals surface area contributed by atoms with Gasteiger partial charge < -0.3 is 20.1 Å². The smallest absolute Gasteiger partial charge is 0.251 e. The molecule has 0 radical (unpaired) electrons. The molecule has 0 aliphatic carbocycles. The Hall–Kier alpha value is -3.02. The third-order valence-electron chi connectivity index (χ3n) is 3.89. The fourth-order valence-corrected chi connectivity index (χ4v) is 2.56. The second-order valence-corrected chi connectivity index (χ2v) is 5.74. The van der Waals surface area contributed by atoms with E-state index in [2.05, 4.69) is 10.6 Å². The maximum atomic E-state index is 12.1. The molecule has 25 heavy (non-hydrogen) atoms. The molecule has 2 N–H and O–H groups in total. The van der Waals surface area contributed by atoms with Gasteiger partial charge in [-0.1, -0.05) is 24.3 Å². The number of carbonyl (C=O) groups is 2. The van der Waals surface area contributed by atoms with Gasteiger partial charge in [-0.15, -0.1) is 0 Å². The molecule has 0 spiro atoms. The van der Waals surface area contributed by atoms with Crippen LogP contribution in [0.5, 0.6) is 11.5 Å². The largest absolute Gasteiger partial charge is 0.486 e. The zero-order valence-corrected chi connectivity index (χ0v) is 14.0. The normalized spacial score (nSPS) is 13.6. The maximum Gasteiger partial charge on any atom is 0.251 e. The van der Waals surface area contributed by atoms with Crippen molar-refractivity contribution >= 4 is 11.8 Å². The molecule has 6 nitrogen and oxygen atoms in total. The maximum absolute atomic E-state index is 12.1. The Balaban J connectivity index is 1.53. The number of carbonyl (C=O) groups excluding carboxylic acids is 2. The van der Waals surface area contributed by atoms with E-state index in [0.29, 0.717) is 30.3 Å². The van der Waals surface area contributed by atoms with Gasteiger partial charge in [-0.05, 0) is 36.8 Å². The summed E-state index contributed by atoms with van der Waals surface area (Å²) in [4.78, 5) is 24.0. The van der Waals surface area contributed by atoms with E-state index >= 15 is 0 Å². The molecule has 0 aromatic heterocycles. The molecule has 3 rings (SSSR count). The van der Waals surface area contributed by atoms with Gasteiger partial charge in [-0.25, -0.2) is 0 Å². The van der Waals surface area contributed by atoms with Gasteiger partial charge in [0, 0.05) is 5.56 Å². The van der Waals surface area contributed by atoms with Crippen molar-refractivity contribution in [1.82, 2.24) is 10.6 Å². The number of fused-ring (bicyclic) bond motifs is 1. The molecule has 2 amide bonds. The number of rotatable bonds is 5. The first-order valence-corrected chi connectivity index (χ1v) is 8.15. The predicted octanol–water partition coefficient (Wildman–Crippen LogP) is 2.06. The minimum absolute atomic E-state index is 0.0807. The summed E-state index contributed by atoms with van der Waals surface area (Å²) in [6.07, 6.45) is 0. The van der Waals surface area contributed by atoms with Crippen molar-refractivity contribution in [2.75, 3.05) is 19.8 Å². The number of ether oxygens (including phenoxy) is 2. The van der Waals surface area contributed by atoms with Crippen LogP contribution in [-0.2, 0) is 4.79 Å². The van der Waals surface area contributed by atoms with Crippen LogP contribution in [0.4, 0.5) is 0 Å². The van der Waals surface area contributed by atoms with Gasteiger partial charge in [0.15, 0.2) is 11.5 Å². The van der Waals surface area contributed by atoms with Crippen molar-refractivity contribution in [1.29, 1.82) is 0 Å². The lowest BCUT2D eigenvalue weighted by Crippen LogP contribution is -2.38. The zero-order valence-electron chi connectivity index (χ0n) is 14.0. The number of benzene rings is 2. The van der Waals surface area contributed by atoms with E-state index in [1.165, 1.54) is 0 Å². The third kappa shape index (κ3) is 4.29. The van der Waals surface area contributed by atoms with E-state index in [9.17, 15) is 9.59 Å². The molecule has 1 aliphatic rings. The fraction of sp³-hybridized carbons (Fsp3) is 0.263. The van der Waals surface area contributed by atoms with Gasteiger partial charge in [0.1, 0.15) is 13.2 Å². The number of nitrogens with one attached hydrogen (secondary N) is 2. The van der Waals surface area contributed by atoms with Crippen LogP contribution in [0, 0.1) is 0 Å². The second kappa shape index (κ2) is 7.70. The average Bonchev–Trinajstić information content (AvgIpc) is 2.66. The topological polar surface area (TPSA) is 76.7 Å². The first-order valence-electron chi connectivity index (χ1n) is 8.15. The monoisotopic (exact) mass is 340 g/mol. The van der Waals surface area contributed by atoms with Gasteiger partial charge in [0.05, 0.1) is 12.6 Å². The van der Waals surface area contributed by atoms with E-state index < -0.39 is 0 Å². The number of amides is 2. The molecule has 1 unspecified atom stereocenters. The molecule has 6 heteroatoms. The Kier molecular flexibility index (Phi) is 5.18. The lowest BCUT2D eigenvalue weighted by atomic mass is 10.1. The summed E-state index contributed by atoms with van der Waals surface area (Å²) in [6.45, 7) is 2.85. The van der Waals surface area contributed by atoms with Crippen molar-refractivity contribution in [3.8, 4) is 11.5 Å². The van der Waals surface area contributed by atoms with Crippen molar-refractivity contribution in [2.45, 2.75) is 13.0 Å². The Labute approximate surface area is 146 Å². The molecule has 0 bridgehead atoms. The summed E-state index contributed by atoms with van der Waals surface area (Å²) in [5, 5.41) is 5.47. The summed E-state index contributed by atoms with van der Waals surface area (Å²) in [6, 6.07) is 14.2. The van der Waals surface area contributed by atoms with Crippen LogP contribution in [0.1, 0.15) is 28.9 Å². The molecule has 0 saturated carbocycles. The standard InChI is InChI=1S/C19H20N2O4/c1-13(15-7-8-16-17(11-15)25-10-9-24-16)21-18(22)12-20-19(23)14-5-3-2-4-6-14/h2-8,11,13H,9-10,12H2,1H3,(H,20,23)(H,21,22). The fourth-order valence-electron chi connectivity index (χ4n) is 2.56. The lowest BCUT2D eigenvalue weighted by Gasteiger charge is -2.21. The minimum Gasteiger partial charge on any atom is -0.486 e. The van der Waals surface area contributed by atoms with Crippen molar-refractivity contribution in [3.05, 3.63) is 59.7 Å². The van der Waals surface area contributed by atoms with E-state index in [0.717, 1.165) is 5.56 Å². The van der Waals surface area contributed by atoms with Crippen molar-refractivity contribution < 1.29 is 19.1 Å². The highest BCUT2D eigenvalue weighted by molar-refractivity contribution is 5.96. The predicted molar refractivity (Wildman–Crippen MR) is 92.8 cm³/mol. The lowest BCUT2D eigenvalue weighted by molar-refractivity contribution is -0.120. The second-order valence-electron chi connectivity index (χ2n) is 5.74. The van der Waals surface area contributed by atoms with E-state index in [1.54, 1.807) is 24.3 Å². The molecule has 1 heterocycles. The minimum atomic E-state index is -0.275. The molecule has 0 saturated heterocycles. The van der Waals surface area contributed by atoms with Crippen LogP contribution in [0.3, 0.4) is 0 Å². The summed E-state index contributed by atoms with van der Waals surface area (Å²) >= 11 is 0. The van der Waals surface area contributed by atoms with Gasteiger partial charge in [-0.2, -0.15) is 0 Å². The molecular weight excluding hydrogens is 320 g/mol. The van der Waals surface area contributed by atoms with E-state index in [1.807, 2.05) is 31.2 Å². The van der Waals surface area contributed by atoms with E-state index in [-0.39, 0.29) is 24.4 Å². The van der Waals surface area contributed by atoms with Crippen LogP contribution in [0.15, 0.2) is 48.5 Å². The van der Waals surface area contributed by atoms with Crippen molar-refractivity contribution in [2.24, 2.45) is 0 Å². The van der Waals surface area contributed by atoms with Gasteiger partial charge >= 0.3 is 0 Å². The highest BCUT2D eigenvalue weighted by Crippen LogP contribution is 2.32. The van der Waals surface area contributed by atoms with E-state index in [4.69, 9.17) is 9.47 Å². The quantitative estimate of drug-likeness (QED) is 0.873. The summed E-state index contributed by atoms with van der Waals surface area (Å²) in [7, 11) is 0. The first kappa shape index (κ1) is 16.8. The van der Waals surface area contributed by atoms with Crippen LogP contribution in [0.25, 0.3) is 0 Å². The first-order chi connectivity index (χ1) is 12.1. The average molecular weight is 340 g/mol. The van der Waals surface area contributed by atoms with Crippen LogP contribution in [-0.4, -0.2) is 31.6 Å². The Morgan fingerprint density at radius 1 is 1.04 bits per heavy atom. The van der Waals surface area contributed by atoms with Crippen LogP contribution >= 0.6 is 0 Å². The Morgan fingerprint density at radius 2 is 1.76 bits per heavy atom. The molecule has 2 aromatic carbocycles. The Bertz CT molecular complexity index is 761. The highest BCUT2D eigenvalue weighted by Gasteiger charge is 2.16. The molecular formula is C19H20N2O4. The summed E-state index contributed by atoms with van der Waals surface area (Å²) < 4.78 is 11.0. The summed E-state index contributed by atoms with van der Waals surface area (Å²) in [5.41, 5.74) is 1.43. The van der Waals surface area contributed by atoms with Crippen molar-refractivity contribution in [3.63, 3.8) is 0 Å².